The van der Waals surface area contributed by atoms with Crippen molar-refractivity contribution in [2.75, 3.05) is 19.8 Å². The highest BCUT2D eigenvalue weighted by Crippen LogP contribution is 2.22. The summed E-state index contributed by atoms with van der Waals surface area (Å²) in [5.74, 6) is 1.13. The molecule has 1 amide bonds. The van der Waals surface area contributed by atoms with E-state index in [9.17, 15) is 15.0 Å². The van der Waals surface area contributed by atoms with Crippen molar-refractivity contribution in [3.8, 4) is 17.2 Å². The van der Waals surface area contributed by atoms with Gasteiger partial charge < -0.3 is 30.7 Å². The van der Waals surface area contributed by atoms with Gasteiger partial charge in [-0.15, -0.1) is 0 Å². The Hall–Kier alpha value is -3.46. The molecule has 8 heteroatoms. The number of hydrogen-bond acceptors (Lipinski definition) is 7. The molecule has 8 nitrogen and oxygen atoms in total. The lowest BCUT2D eigenvalue weighted by Gasteiger charge is -2.19. The first-order chi connectivity index (χ1) is 15.5. The van der Waals surface area contributed by atoms with Crippen molar-refractivity contribution in [3.05, 3.63) is 84.2 Å². The van der Waals surface area contributed by atoms with Crippen molar-refractivity contribution >= 4 is 5.91 Å². The van der Waals surface area contributed by atoms with Gasteiger partial charge in [-0.3, -0.25) is 9.78 Å². The number of amides is 1. The summed E-state index contributed by atoms with van der Waals surface area (Å²) in [6.45, 7) is 0.384. The van der Waals surface area contributed by atoms with E-state index >= 15 is 0 Å². The van der Waals surface area contributed by atoms with Crippen molar-refractivity contribution in [1.29, 1.82) is 0 Å². The molecule has 32 heavy (non-hydrogen) atoms. The SMILES string of the molecule is NC(=O)c1cc(Oc2ccc(C[C@@H](CO)NC[C@H](O)COc3ccccc3)cc2)ccn1. The predicted octanol–water partition coefficient (Wildman–Crippen LogP) is 1.91. The molecule has 0 unspecified atom stereocenters. The molecule has 2 atom stereocenters. The summed E-state index contributed by atoms with van der Waals surface area (Å²) in [6, 6.07) is 19.6. The largest absolute Gasteiger partial charge is 0.491 e. The van der Waals surface area contributed by atoms with Gasteiger partial charge in [0.15, 0.2) is 0 Å². The highest BCUT2D eigenvalue weighted by atomic mass is 16.5. The van der Waals surface area contributed by atoms with E-state index in [4.69, 9.17) is 15.2 Å². The normalized spacial score (nSPS) is 12.7. The number of primary amides is 1. The summed E-state index contributed by atoms with van der Waals surface area (Å²) in [6.07, 6.45) is 1.33. The number of nitrogens with two attached hydrogens (primary N) is 1. The first-order valence-electron chi connectivity index (χ1n) is 10.3. The van der Waals surface area contributed by atoms with E-state index in [2.05, 4.69) is 10.3 Å². The number of hydrogen-bond donors (Lipinski definition) is 4. The molecule has 0 bridgehead atoms. The Labute approximate surface area is 186 Å². The van der Waals surface area contributed by atoms with Crippen LogP contribution in [0.4, 0.5) is 0 Å². The van der Waals surface area contributed by atoms with Gasteiger partial charge in [-0.2, -0.15) is 0 Å². The average Bonchev–Trinajstić information content (AvgIpc) is 2.82. The van der Waals surface area contributed by atoms with Gasteiger partial charge in [0.25, 0.3) is 5.91 Å². The number of aromatic nitrogens is 1. The topological polar surface area (TPSA) is 127 Å². The molecule has 3 rings (SSSR count). The summed E-state index contributed by atoms with van der Waals surface area (Å²) in [5.41, 5.74) is 6.36. The second-order valence-electron chi connectivity index (χ2n) is 7.26. The second-order valence-corrected chi connectivity index (χ2v) is 7.26. The lowest BCUT2D eigenvalue weighted by Crippen LogP contribution is -2.41. The fourth-order valence-corrected chi connectivity index (χ4v) is 3.00. The Bertz CT molecular complexity index is 982. The lowest BCUT2D eigenvalue weighted by atomic mass is 10.1. The third-order valence-electron chi connectivity index (χ3n) is 4.67. The van der Waals surface area contributed by atoms with Gasteiger partial charge >= 0.3 is 0 Å². The molecule has 0 saturated heterocycles. The fourth-order valence-electron chi connectivity index (χ4n) is 3.00. The molecule has 1 aromatic heterocycles. The van der Waals surface area contributed by atoms with Crippen molar-refractivity contribution in [1.82, 2.24) is 10.3 Å². The number of nitrogens with one attached hydrogen (secondary N) is 1. The molecule has 0 aliphatic carbocycles. The zero-order chi connectivity index (χ0) is 22.8. The van der Waals surface area contributed by atoms with E-state index in [1.165, 1.54) is 12.3 Å². The van der Waals surface area contributed by atoms with Crippen LogP contribution in [0.1, 0.15) is 16.1 Å². The number of carbonyl (C=O) groups is 1. The van der Waals surface area contributed by atoms with Crippen LogP contribution in [0.25, 0.3) is 0 Å². The van der Waals surface area contributed by atoms with Crippen molar-refractivity contribution < 1.29 is 24.5 Å². The molecular formula is C24H27N3O5. The maximum absolute atomic E-state index is 11.2. The number of benzene rings is 2. The minimum atomic E-state index is -0.703. The molecule has 168 valence electrons. The maximum Gasteiger partial charge on any atom is 0.267 e. The predicted molar refractivity (Wildman–Crippen MR) is 120 cm³/mol. The van der Waals surface area contributed by atoms with Gasteiger partial charge in [-0.25, -0.2) is 0 Å². The Balaban J connectivity index is 1.46. The zero-order valence-corrected chi connectivity index (χ0v) is 17.6. The third kappa shape index (κ3) is 7.35. The maximum atomic E-state index is 11.2. The molecule has 0 radical (unpaired) electrons. The highest BCUT2D eigenvalue weighted by molar-refractivity contribution is 5.91. The van der Waals surface area contributed by atoms with Crippen LogP contribution in [-0.2, 0) is 6.42 Å². The number of nitrogens with zero attached hydrogens (tertiary/aromatic N) is 1. The van der Waals surface area contributed by atoms with E-state index in [1.807, 2.05) is 42.5 Å². The molecule has 2 aromatic carbocycles. The summed E-state index contributed by atoms with van der Waals surface area (Å²) in [4.78, 5) is 15.1. The van der Waals surface area contributed by atoms with Gasteiger partial charge in [-0.05, 0) is 42.3 Å². The van der Waals surface area contributed by atoms with Crippen LogP contribution in [0.15, 0.2) is 72.9 Å². The van der Waals surface area contributed by atoms with E-state index in [0.29, 0.717) is 30.2 Å². The Morgan fingerprint density at radius 2 is 1.78 bits per heavy atom. The van der Waals surface area contributed by atoms with Crippen LogP contribution in [0.3, 0.4) is 0 Å². The van der Waals surface area contributed by atoms with Crippen molar-refractivity contribution in [2.24, 2.45) is 5.73 Å². The summed E-state index contributed by atoms with van der Waals surface area (Å²) in [5, 5.41) is 23.0. The summed E-state index contributed by atoms with van der Waals surface area (Å²) < 4.78 is 11.3. The monoisotopic (exact) mass is 437 g/mol. The zero-order valence-electron chi connectivity index (χ0n) is 17.6. The van der Waals surface area contributed by atoms with E-state index in [1.54, 1.807) is 18.2 Å². The van der Waals surface area contributed by atoms with E-state index in [0.717, 1.165) is 5.56 Å². The Kier molecular flexibility index (Phi) is 8.56. The van der Waals surface area contributed by atoms with E-state index in [-0.39, 0.29) is 24.9 Å². The third-order valence-corrected chi connectivity index (χ3v) is 4.67. The first kappa shape index (κ1) is 23.2. The molecule has 0 aliphatic rings. The van der Waals surface area contributed by atoms with Gasteiger partial charge in [0.05, 0.1) is 6.61 Å². The van der Waals surface area contributed by atoms with Gasteiger partial charge in [0.2, 0.25) is 0 Å². The number of aliphatic hydroxyl groups is 2. The summed E-state index contributed by atoms with van der Waals surface area (Å²) in [7, 11) is 0. The van der Waals surface area contributed by atoms with Crippen LogP contribution in [-0.4, -0.2) is 53.0 Å². The lowest BCUT2D eigenvalue weighted by molar-refractivity contribution is 0.0993. The number of pyridine rings is 1. The minimum absolute atomic E-state index is 0.0720. The number of rotatable bonds is 12. The van der Waals surface area contributed by atoms with E-state index < -0.39 is 12.0 Å². The standard InChI is InChI=1S/C24H27N3O5/c25-24(30)23-13-22(10-11-26-23)32-21-8-6-17(7-9-21)12-18(15-28)27-14-19(29)16-31-20-4-2-1-3-5-20/h1-11,13,18-19,27-29H,12,14-16H2,(H2,25,30)/t18-,19-/m0/s1. The number of ether oxygens (including phenoxy) is 2. The molecular weight excluding hydrogens is 410 g/mol. The molecule has 5 N–H and O–H groups in total. The molecule has 0 fully saturated rings. The van der Waals surface area contributed by atoms with Crippen LogP contribution in [0.5, 0.6) is 17.2 Å². The molecule has 3 aromatic rings. The van der Waals surface area contributed by atoms with Crippen LogP contribution in [0.2, 0.25) is 0 Å². The molecule has 0 spiro atoms. The van der Waals surface area contributed by atoms with Gasteiger partial charge in [0, 0.05) is 24.8 Å². The van der Waals surface area contributed by atoms with Gasteiger partial charge in [0.1, 0.15) is 35.7 Å². The van der Waals surface area contributed by atoms with Crippen LogP contribution < -0.4 is 20.5 Å². The highest BCUT2D eigenvalue weighted by Gasteiger charge is 2.12. The fraction of sp³-hybridized carbons (Fsp3) is 0.250. The molecule has 1 heterocycles. The van der Waals surface area contributed by atoms with Crippen molar-refractivity contribution in [3.63, 3.8) is 0 Å². The molecule has 0 aliphatic heterocycles. The Morgan fingerprint density at radius 3 is 2.47 bits per heavy atom. The molecule has 0 saturated carbocycles. The minimum Gasteiger partial charge on any atom is -0.491 e. The summed E-state index contributed by atoms with van der Waals surface area (Å²) >= 11 is 0. The van der Waals surface area contributed by atoms with Crippen LogP contribution in [0, 0.1) is 0 Å². The first-order valence-corrected chi connectivity index (χ1v) is 10.3. The van der Waals surface area contributed by atoms with Crippen LogP contribution >= 0.6 is 0 Å². The smallest absolute Gasteiger partial charge is 0.267 e. The number of para-hydroxylation sites is 1. The number of carbonyl (C=O) groups excluding carboxylic acids is 1. The second kappa shape index (κ2) is 11.8. The average molecular weight is 437 g/mol. The quantitative estimate of drug-likeness (QED) is 0.341. The van der Waals surface area contributed by atoms with Gasteiger partial charge in [-0.1, -0.05) is 30.3 Å². The van der Waals surface area contributed by atoms with Crippen molar-refractivity contribution in [2.45, 2.75) is 18.6 Å². The number of aliphatic hydroxyl groups excluding tert-OH is 2. The Morgan fingerprint density at radius 1 is 1.03 bits per heavy atom.